The maximum atomic E-state index is 9.45. The van der Waals surface area contributed by atoms with Gasteiger partial charge in [-0.3, -0.25) is 0 Å². The molecule has 3 heteroatoms. The summed E-state index contributed by atoms with van der Waals surface area (Å²) in [5, 5.41) is 9.45. The molecule has 1 aromatic rings. The summed E-state index contributed by atoms with van der Waals surface area (Å²) < 4.78 is 0. The van der Waals surface area contributed by atoms with Crippen LogP contribution in [-0.2, 0) is 6.42 Å². The van der Waals surface area contributed by atoms with Gasteiger partial charge in [-0.05, 0) is 30.9 Å². The minimum atomic E-state index is 0.275. The van der Waals surface area contributed by atoms with Gasteiger partial charge in [0.15, 0.2) is 0 Å². The van der Waals surface area contributed by atoms with Crippen molar-refractivity contribution in [3.8, 4) is 5.75 Å². The number of aromatic hydroxyl groups is 1. The second kappa shape index (κ2) is 3.40. The summed E-state index contributed by atoms with van der Waals surface area (Å²) in [5.41, 5.74) is 8.85. The predicted octanol–water partition coefficient (Wildman–Crippen LogP) is 1.75. The Bertz CT molecular complexity index is 349. The van der Waals surface area contributed by atoms with Crippen LogP contribution in [0.1, 0.15) is 18.4 Å². The second-order valence-corrected chi connectivity index (χ2v) is 3.92. The molecule has 0 radical (unpaired) electrons. The number of hydrogen-bond acceptors (Lipinski definition) is 3. The number of aryl methyl sites for hydroxylation is 1. The van der Waals surface area contributed by atoms with E-state index in [1.54, 1.807) is 6.07 Å². The van der Waals surface area contributed by atoms with Gasteiger partial charge in [-0.2, -0.15) is 0 Å². The maximum Gasteiger partial charge on any atom is 0.118 e. The van der Waals surface area contributed by atoms with Gasteiger partial charge >= 0.3 is 0 Å². The molecule has 0 amide bonds. The number of benzene rings is 1. The molecular formula is C11H16N2O. The van der Waals surface area contributed by atoms with Crippen LogP contribution < -0.4 is 10.6 Å². The van der Waals surface area contributed by atoms with Crippen molar-refractivity contribution >= 4 is 11.4 Å². The van der Waals surface area contributed by atoms with Gasteiger partial charge in [0.05, 0.1) is 11.4 Å². The number of hydrogen-bond donors (Lipinski definition) is 2. The van der Waals surface area contributed by atoms with E-state index >= 15 is 0 Å². The highest BCUT2D eigenvalue weighted by Crippen LogP contribution is 2.34. The van der Waals surface area contributed by atoms with Crippen LogP contribution in [0.4, 0.5) is 11.4 Å². The number of fused-ring (bicyclic) bond motifs is 1. The lowest BCUT2D eigenvalue weighted by atomic mass is 10.1. The Kier molecular flexibility index (Phi) is 2.23. The molecule has 14 heavy (non-hydrogen) atoms. The number of nitrogen functional groups attached to an aromatic ring is 1. The van der Waals surface area contributed by atoms with Gasteiger partial charge in [0, 0.05) is 19.7 Å². The van der Waals surface area contributed by atoms with E-state index in [1.165, 1.54) is 18.4 Å². The maximum absolute atomic E-state index is 9.45. The van der Waals surface area contributed by atoms with Crippen molar-refractivity contribution in [2.45, 2.75) is 19.3 Å². The van der Waals surface area contributed by atoms with Gasteiger partial charge in [-0.1, -0.05) is 0 Å². The molecule has 0 spiro atoms. The number of nitrogens with zero attached hydrogens (tertiary/aromatic N) is 1. The quantitative estimate of drug-likeness (QED) is 0.616. The molecule has 3 N–H and O–H groups in total. The van der Waals surface area contributed by atoms with Gasteiger partial charge in [0.2, 0.25) is 0 Å². The van der Waals surface area contributed by atoms with Crippen LogP contribution in [0.25, 0.3) is 0 Å². The van der Waals surface area contributed by atoms with Crippen molar-refractivity contribution in [2.75, 3.05) is 24.2 Å². The summed E-state index contributed by atoms with van der Waals surface area (Å²) in [6.45, 7) is 1.04. The first-order chi connectivity index (χ1) is 6.68. The largest absolute Gasteiger partial charge is 0.508 e. The van der Waals surface area contributed by atoms with Crippen molar-refractivity contribution in [3.05, 3.63) is 17.7 Å². The lowest BCUT2D eigenvalue weighted by Gasteiger charge is -2.21. The molecule has 0 aromatic heterocycles. The topological polar surface area (TPSA) is 49.5 Å². The minimum absolute atomic E-state index is 0.275. The molecule has 0 atom stereocenters. The zero-order valence-electron chi connectivity index (χ0n) is 8.45. The third-order valence-corrected chi connectivity index (χ3v) is 2.77. The monoisotopic (exact) mass is 192 g/mol. The highest BCUT2D eigenvalue weighted by Gasteiger charge is 2.15. The Hall–Kier alpha value is -1.38. The summed E-state index contributed by atoms with van der Waals surface area (Å²) in [4.78, 5) is 2.18. The molecule has 2 rings (SSSR count). The second-order valence-electron chi connectivity index (χ2n) is 3.92. The fourth-order valence-electron chi connectivity index (χ4n) is 2.13. The molecule has 0 unspecified atom stereocenters. The Morgan fingerprint density at radius 1 is 1.36 bits per heavy atom. The van der Waals surface area contributed by atoms with Crippen LogP contribution in [0, 0.1) is 0 Å². The molecule has 0 saturated carbocycles. The van der Waals surface area contributed by atoms with Crippen molar-refractivity contribution in [3.63, 3.8) is 0 Å². The smallest absolute Gasteiger partial charge is 0.118 e. The molecule has 1 heterocycles. The predicted molar refractivity (Wildman–Crippen MR) is 58.7 cm³/mol. The van der Waals surface area contributed by atoms with Gasteiger partial charge in [-0.15, -0.1) is 0 Å². The van der Waals surface area contributed by atoms with E-state index in [0.717, 1.165) is 18.7 Å². The molecule has 1 aliphatic rings. The van der Waals surface area contributed by atoms with Crippen LogP contribution in [0.15, 0.2) is 12.1 Å². The van der Waals surface area contributed by atoms with Gasteiger partial charge < -0.3 is 15.7 Å². The Morgan fingerprint density at radius 3 is 2.93 bits per heavy atom. The van der Waals surface area contributed by atoms with Gasteiger partial charge in [-0.25, -0.2) is 0 Å². The third kappa shape index (κ3) is 1.50. The third-order valence-electron chi connectivity index (χ3n) is 2.77. The van der Waals surface area contributed by atoms with E-state index in [2.05, 4.69) is 11.9 Å². The average Bonchev–Trinajstić information content (AvgIpc) is 2.27. The van der Waals surface area contributed by atoms with Crippen molar-refractivity contribution < 1.29 is 5.11 Å². The van der Waals surface area contributed by atoms with Crippen LogP contribution in [0.5, 0.6) is 5.75 Å². The zero-order valence-corrected chi connectivity index (χ0v) is 8.45. The van der Waals surface area contributed by atoms with Crippen molar-refractivity contribution in [2.24, 2.45) is 0 Å². The SMILES string of the molecule is CN1CCCCc2cc(O)cc(N)c21. The first kappa shape index (κ1) is 9.19. The first-order valence-corrected chi connectivity index (χ1v) is 5.01. The summed E-state index contributed by atoms with van der Waals surface area (Å²) in [6.07, 6.45) is 3.36. The Morgan fingerprint density at radius 2 is 2.14 bits per heavy atom. The van der Waals surface area contributed by atoms with Gasteiger partial charge in [0.25, 0.3) is 0 Å². The minimum Gasteiger partial charge on any atom is -0.508 e. The lowest BCUT2D eigenvalue weighted by Crippen LogP contribution is -2.19. The van der Waals surface area contributed by atoms with Crippen LogP contribution in [0.2, 0.25) is 0 Å². The van der Waals surface area contributed by atoms with Crippen LogP contribution in [-0.4, -0.2) is 18.7 Å². The highest BCUT2D eigenvalue weighted by molar-refractivity contribution is 5.73. The van der Waals surface area contributed by atoms with E-state index in [4.69, 9.17) is 5.73 Å². The number of nitrogens with two attached hydrogens (primary N) is 1. The molecule has 3 nitrogen and oxygen atoms in total. The summed E-state index contributed by atoms with van der Waals surface area (Å²) in [5.74, 6) is 0.275. The van der Waals surface area contributed by atoms with Crippen molar-refractivity contribution in [1.29, 1.82) is 0 Å². The average molecular weight is 192 g/mol. The summed E-state index contributed by atoms with van der Waals surface area (Å²) >= 11 is 0. The summed E-state index contributed by atoms with van der Waals surface area (Å²) in [7, 11) is 2.05. The fraction of sp³-hybridized carbons (Fsp3) is 0.455. The number of phenols is 1. The molecule has 76 valence electrons. The molecule has 0 bridgehead atoms. The fourth-order valence-corrected chi connectivity index (χ4v) is 2.13. The normalized spacial score (nSPS) is 16.2. The zero-order chi connectivity index (χ0) is 10.1. The summed E-state index contributed by atoms with van der Waals surface area (Å²) in [6, 6.07) is 3.45. The van der Waals surface area contributed by atoms with Crippen molar-refractivity contribution in [1.82, 2.24) is 0 Å². The van der Waals surface area contributed by atoms with E-state index < -0.39 is 0 Å². The molecule has 0 saturated heterocycles. The molecule has 1 aromatic carbocycles. The lowest BCUT2D eigenvalue weighted by molar-refractivity contribution is 0.475. The Balaban J connectivity index is 2.53. The van der Waals surface area contributed by atoms with E-state index in [1.807, 2.05) is 6.07 Å². The van der Waals surface area contributed by atoms with E-state index in [0.29, 0.717) is 5.69 Å². The molecular weight excluding hydrogens is 176 g/mol. The van der Waals surface area contributed by atoms with E-state index in [-0.39, 0.29) is 5.75 Å². The molecule has 0 fully saturated rings. The van der Waals surface area contributed by atoms with Gasteiger partial charge in [0.1, 0.15) is 5.75 Å². The Labute approximate surface area is 84.1 Å². The first-order valence-electron chi connectivity index (χ1n) is 5.01. The van der Waals surface area contributed by atoms with Crippen LogP contribution in [0.3, 0.4) is 0 Å². The van der Waals surface area contributed by atoms with E-state index in [9.17, 15) is 5.11 Å². The molecule has 0 aliphatic carbocycles. The highest BCUT2D eigenvalue weighted by atomic mass is 16.3. The molecule has 1 aliphatic heterocycles. The number of anilines is 2. The number of rotatable bonds is 0. The standard InChI is InChI=1S/C11H16N2O/c1-13-5-3-2-4-8-6-9(14)7-10(12)11(8)13/h6-7,14H,2-5,12H2,1H3. The van der Waals surface area contributed by atoms with Crippen LogP contribution >= 0.6 is 0 Å². The number of phenolic OH excluding ortho intramolecular Hbond substituents is 1.